The minimum Gasteiger partial charge on any atom is -0.398 e. The first-order valence-electron chi connectivity index (χ1n) is 7.59. The van der Waals surface area contributed by atoms with Crippen LogP contribution in [-0.4, -0.2) is 22.3 Å². The molecular formula is C17H21N3O. The second-order valence-electron chi connectivity index (χ2n) is 5.85. The third-order valence-electron chi connectivity index (χ3n) is 4.24. The Hall–Kier alpha value is -2.10. The maximum absolute atomic E-state index is 12.1. The average Bonchev–Trinajstić information content (AvgIpc) is 2.83. The Bertz CT molecular complexity index is 668. The lowest BCUT2D eigenvalue weighted by molar-refractivity contribution is -0.128. The summed E-state index contributed by atoms with van der Waals surface area (Å²) in [6.45, 7) is 3.67. The first-order valence-corrected chi connectivity index (χ1v) is 7.59. The number of aromatic nitrogens is 1. The van der Waals surface area contributed by atoms with Crippen LogP contribution in [0.25, 0.3) is 10.9 Å². The molecule has 0 bridgehead atoms. The van der Waals surface area contributed by atoms with E-state index in [1.54, 1.807) is 6.20 Å². The van der Waals surface area contributed by atoms with Crippen molar-refractivity contribution in [2.45, 2.75) is 32.7 Å². The largest absolute Gasteiger partial charge is 0.398 e. The normalized spacial score (nSPS) is 18.6. The van der Waals surface area contributed by atoms with Gasteiger partial charge in [0, 0.05) is 36.8 Å². The summed E-state index contributed by atoms with van der Waals surface area (Å²) in [5.74, 6) is 0.768. The Morgan fingerprint density at radius 2 is 2.24 bits per heavy atom. The molecule has 0 saturated carbocycles. The van der Waals surface area contributed by atoms with Crippen molar-refractivity contribution >= 4 is 22.5 Å². The molecule has 1 unspecified atom stereocenters. The molecule has 2 N–H and O–H groups in total. The summed E-state index contributed by atoms with van der Waals surface area (Å²) in [4.78, 5) is 18.6. The summed E-state index contributed by atoms with van der Waals surface area (Å²) < 4.78 is 0. The van der Waals surface area contributed by atoms with Gasteiger partial charge in [0.05, 0.1) is 5.52 Å². The number of carbonyl (C=O) groups excluding carboxylic acids is 1. The Labute approximate surface area is 125 Å². The summed E-state index contributed by atoms with van der Waals surface area (Å²) in [5.41, 5.74) is 8.72. The minimum absolute atomic E-state index is 0.259. The molecule has 1 saturated heterocycles. The van der Waals surface area contributed by atoms with Crippen LogP contribution in [0.5, 0.6) is 0 Å². The molecule has 4 heteroatoms. The maximum atomic E-state index is 12.1. The molecule has 110 valence electrons. The van der Waals surface area contributed by atoms with Gasteiger partial charge in [-0.15, -0.1) is 0 Å². The van der Waals surface area contributed by atoms with Gasteiger partial charge in [-0.2, -0.15) is 0 Å². The summed E-state index contributed by atoms with van der Waals surface area (Å²) in [6, 6.07) is 7.77. The summed E-state index contributed by atoms with van der Waals surface area (Å²) in [5, 5.41) is 0.965. The number of hydrogen-bond donors (Lipinski definition) is 1. The third-order valence-corrected chi connectivity index (χ3v) is 4.24. The highest BCUT2D eigenvalue weighted by Crippen LogP contribution is 2.27. The lowest BCUT2D eigenvalue weighted by atomic mass is 10.0. The van der Waals surface area contributed by atoms with E-state index < -0.39 is 0 Å². The van der Waals surface area contributed by atoms with Crippen molar-refractivity contribution in [3.63, 3.8) is 0 Å². The first kappa shape index (κ1) is 13.9. The molecule has 2 heterocycles. The molecular weight excluding hydrogens is 262 g/mol. The molecule has 1 aromatic carbocycles. The first-order chi connectivity index (χ1) is 10.2. The second-order valence-corrected chi connectivity index (χ2v) is 5.85. The highest BCUT2D eigenvalue weighted by Gasteiger charge is 2.29. The Kier molecular flexibility index (Phi) is 3.78. The van der Waals surface area contributed by atoms with Gasteiger partial charge in [-0.1, -0.05) is 19.4 Å². The molecule has 0 radical (unpaired) electrons. The van der Waals surface area contributed by atoms with Crippen molar-refractivity contribution in [3.8, 4) is 0 Å². The molecule has 1 aliphatic rings. The number of anilines is 1. The molecule has 4 nitrogen and oxygen atoms in total. The zero-order valence-electron chi connectivity index (χ0n) is 12.4. The highest BCUT2D eigenvalue weighted by atomic mass is 16.2. The van der Waals surface area contributed by atoms with Crippen LogP contribution in [0.4, 0.5) is 5.69 Å². The number of likely N-dealkylation sites (tertiary alicyclic amines) is 1. The van der Waals surface area contributed by atoms with Crippen LogP contribution in [0.3, 0.4) is 0 Å². The molecule has 1 amide bonds. The fourth-order valence-corrected chi connectivity index (χ4v) is 3.19. The number of nitrogen functional groups attached to an aromatic ring is 1. The molecule has 21 heavy (non-hydrogen) atoms. The molecule has 0 aliphatic carbocycles. The quantitative estimate of drug-likeness (QED) is 0.878. The maximum Gasteiger partial charge on any atom is 0.223 e. The fraction of sp³-hybridized carbons (Fsp3) is 0.412. The third kappa shape index (κ3) is 2.71. The molecule has 2 aromatic rings. The fourth-order valence-electron chi connectivity index (χ4n) is 3.19. The number of rotatable bonds is 4. The minimum atomic E-state index is 0.259. The van der Waals surface area contributed by atoms with E-state index in [2.05, 4.69) is 11.9 Å². The van der Waals surface area contributed by atoms with Crippen molar-refractivity contribution in [3.05, 3.63) is 36.0 Å². The molecule has 1 aliphatic heterocycles. The van der Waals surface area contributed by atoms with Gasteiger partial charge in [-0.25, -0.2) is 0 Å². The van der Waals surface area contributed by atoms with Crippen molar-refractivity contribution < 1.29 is 4.79 Å². The van der Waals surface area contributed by atoms with Gasteiger partial charge in [-0.05, 0) is 36.1 Å². The van der Waals surface area contributed by atoms with E-state index in [9.17, 15) is 4.79 Å². The zero-order valence-corrected chi connectivity index (χ0v) is 12.4. The van der Waals surface area contributed by atoms with Crippen LogP contribution >= 0.6 is 0 Å². The molecule has 0 spiro atoms. The predicted molar refractivity (Wildman–Crippen MR) is 84.6 cm³/mol. The van der Waals surface area contributed by atoms with Gasteiger partial charge in [0.25, 0.3) is 0 Å². The number of carbonyl (C=O) groups is 1. The number of nitrogens with two attached hydrogens (primary N) is 1. The van der Waals surface area contributed by atoms with Crippen LogP contribution in [0.1, 0.15) is 31.7 Å². The van der Waals surface area contributed by atoms with Gasteiger partial charge in [0.2, 0.25) is 5.91 Å². The van der Waals surface area contributed by atoms with Crippen LogP contribution in [0, 0.1) is 5.92 Å². The smallest absolute Gasteiger partial charge is 0.223 e. The number of benzene rings is 1. The van der Waals surface area contributed by atoms with Crippen LogP contribution in [0.15, 0.2) is 30.5 Å². The average molecular weight is 283 g/mol. The number of pyridine rings is 1. The topological polar surface area (TPSA) is 59.2 Å². The molecule has 1 atom stereocenters. The van der Waals surface area contributed by atoms with Crippen LogP contribution in [-0.2, 0) is 11.3 Å². The van der Waals surface area contributed by atoms with E-state index >= 15 is 0 Å². The predicted octanol–water partition coefficient (Wildman–Crippen LogP) is 2.97. The van der Waals surface area contributed by atoms with Gasteiger partial charge < -0.3 is 10.6 Å². The monoisotopic (exact) mass is 283 g/mol. The molecule has 1 aromatic heterocycles. The van der Waals surface area contributed by atoms with Crippen LogP contribution in [0.2, 0.25) is 0 Å². The van der Waals surface area contributed by atoms with Crippen LogP contribution < -0.4 is 5.73 Å². The SMILES string of the molecule is CCCC1CC(=O)N(Cc2ccc(N)c3cccnc23)C1. The zero-order chi connectivity index (χ0) is 14.8. The van der Waals surface area contributed by atoms with E-state index in [1.165, 1.54) is 0 Å². The highest BCUT2D eigenvalue weighted by molar-refractivity contribution is 5.92. The standard InChI is InChI=1S/C17H21N3O/c1-2-4-12-9-16(21)20(10-12)11-13-6-7-15(18)14-5-3-8-19-17(13)14/h3,5-8,12H,2,4,9-11,18H2,1H3. The van der Waals surface area contributed by atoms with Gasteiger partial charge in [0.1, 0.15) is 0 Å². The Balaban J connectivity index is 1.86. The Morgan fingerprint density at radius 1 is 1.38 bits per heavy atom. The van der Waals surface area contributed by atoms with Crippen molar-refractivity contribution in [2.24, 2.45) is 5.92 Å². The second kappa shape index (κ2) is 5.72. The van der Waals surface area contributed by atoms with E-state index in [0.717, 1.165) is 41.5 Å². The van der Waals surface area contributed by atoms with Crippen molar-refractivity contribution in [2.75, 3.05) is 12.3 Å². The summed E-state index contributed by atoms with van der Waals surface area (Å²) in [6.07, 6.45) is 4.73. The number of hydrogen-bond acceptors (Lipinski definition) is 3. The van der Waals surface area contributed by atoms with E-state index in [1.807, 2.05) is 29.2 Å². The summed E-state index contributed by atoms with van der Waals surface area (Å²) >= 11 is 0. The Morgan fingerprint density at radius 3 is 3.05 bits per heavy atom. The molecule has 1 fully saturated rings. The van der Waals surface area contributed by atoms with Gasteiger partial charge in [-0.3, -0.25) is 9.78 Å². The van der Waals surface area contributed by atoms with Crippen molar-refractivity contribution in [1.82, 2.24) is 9.88 Å². The lowest BCUT2D eigenvalue weighted by Gasteiger charge is -2.18. The van der Waals surface area contributed by atoms with Crippen molar-refractivity contribution in [1.29, 1.82) is 0 Å². The number of nitrogens with zero attached hydrogens (tertiary/aromatic N) is 2. The number of amides is 1. The van der Waals surface area contributed by atoms with E-state index in [0.29, 0.717) is 18.9 Å². The lowest BCUT2D eigenvalue weighted by Crippen LogP contribution is -2.24. The van der Waals surface area contributed by atoms with Gasteiger partial charge in [0.15, 0.2) is 0 Å². The summed E-state index contributed by atoms with van der Waals surface area (Å²) in [7, 11) is 0. The van der Waals surface area contributed by atoms with Gasteiger partial charge >= 0.3 is 0 Å². The van der Waals surface area contributed by atoms with E-state index in [4.69, 9.17) is 5.73 Å². The number of fused-ring (bicyclic) bond motifs is 1. The molecule has 3 rings (SSSR count). The van der Waals surface area contributed by atoms with E-state index in [-0.39, 0.29) is 5.91 Å².